The van der Waals surface area contributed by atoms with Crippen molar-refractivity contribution in [2.24, 2.45) is 0 Å². The van der Waals surface area contributed by atoms with Crippen LogP contribution < -0.4 is 25.2 Å². The maximum Gasteiger partial charge on any atom is 0.275 e. The van der Waals surface area contributed by atoms with Gasteiger partial charge in [-0.1, -0.05) is 18.2 Å². The average Bonchev–Trinajstić information content (AvgIpc) is 3.64. The largest absolute Gasteiger partial charge is 0.490 e. The summed E-state index contributed by atoms with van der Waals surface area (Å²) in [4.78, 5) is 35.0. The molecule has 1 atom stereocenters. The van der Waals surface area contributed by atoms with E-state index < -0.39 is 12.6 Å². The Morgan fingerprint density at radius 2 is 2.08 bits per heavy atom. The van der Waals surface area contributed by atoms with Crippen LogP contribution in [-0.4, -0.2) is 69.5 Å². The molecule has 0 radical (unpaired) electrons. The van der Waals surface area contributed by atoms with E-state index in [9.17, 15) is 14.0 Å². The van der Waals surface area contributed by atoms with Gasteiger partial charge in [-0.25, -0.2) is 4.98 Å². The summed E-state index contributed by atoms with van der Waals surface area (Å²) >= 11 is 1.41. The van der Waals surface area contributed by atoms with Crippen LogP contribution in [0, 0.1) is 0 Å². The van der Waals surface area contributed by atoms with Crippen LogP contribution in [0.4, 0.5) is 20.9 Å². The number of methoxy groups -OCH3 is 1. The van der Waals surface area contributed by atoms with Gasteiger partial charge in [-0.3, -0.25) is 14.0 Å². The molecule has 5 rings (SSSR count). The molecule has 1 saturated heterocycles. The zero-order chi connectivity index (χ0) is 27.2. The topological polar surface area (TPSA) is 96.0 Å². The van der Waals surface area contributed by atoms with Gasteiger partial charge in [-0.05, 0) is 42.7 Å². The lowest BCUT2D eigenvalue weighted by Gasteiger charge is -2.31. The van der Waals surface area contributed by atoms with Crippen LogP contribution >= 0.6 is 11.3 Å². The summed E-state index contributed by atoms with van der Waals surface area (Å²) < 4.78 is 23.8. The van der Waals surface area contributed by atoms with Crippen molar-refractivity contribution in [3.05, 3.63) is 64.7 Å². The van der Waals surface area contributed by atoms with E-state index in [4.69, 9.17) is 9.47 Å². The molecule has 0 unspecified atom stereocenters. The van der Waals surface area contributed by atoms with Crippen LogP contribution in [-0.2, 0) is 11.3 Å². The van der Waals surface area contributed by atoms with Crippen molar-refractivity contribution in [2.45, 2.75) is 25.5 Å². The molecule has 0 bridgehead atoms. The lowest BCUT2D eigenvalue weighted by atomic mass is 10.1. The first-order chi connectivity index (χ1) is 19.1. The van der Waals surface area contributed by atoms with Crippen LogP contribution in [0.1, 0.15) is 39.3 Å². The van der Waals surface area contributed by atoms with Crippen molar-refractivity contribution in [2.75, 3.05) is 61.7 Å². The maximum atomic E-state index is 13.1. The lowest BCUT2D eigenvalue weighted by molar-refractivity contribution is 0.0953. The van der Waals surface area contributed by atoms with E-state index in [-0.39, 0.29) is 30.7 Å². The fourth-order valence-electron chi connectivity index (χ4n) is 4.76. The van der Waals surface area contributed by atoms with Crippen LogP contribution in [0.5, 0.6) is 5.75 Å². The van der Waals surface area contributed by atoms with E-state index in [1.165, 1.54) is 11.3 Å². The molecule has 1 fully saturated rings. The van der Waals surface area contributed by atoms with Gasteiger partial charge < -0.3 is 29.9 Å². The Labute approximate surface area is 230 Å². The number of benzene rings is 2. The van der Waals surface area contributed by atoms with E-state index >= 15 is 0 Å². The van der Waals surface area contributed by atoms with Crippen molar-refractivity contribution in [1.82, 2.24) is 10.3 Å². The van der Waals surface area contributed by atoms with Crippen molar-refractivity contribution in [1.29, 1.82) is 0 Å². The van der Waals surface area contributed by atoms with Crippen molar-refractivity contribution >= 4 is 39.7 Å². The SMILES string of the molecule is CO[C@H]1CCN(c2nc(C(=O)Nc3ccc(CN4CCOc5ccccc54)cc3C(=O)NCCCF)cs2)C1. The number of para-hydroxylation sites is 2. The van der Waals surface area contributed by atoms with Gasteiger partial charge in [0.1, 0.15) is 18.1 Å². The first-order valence-electron chi connectivity index (χ1n) is 13.0. The summed E-state index contributed by atoms with van der Waals surface area (Å²) in [7, 11) is 1.70. The van der Waals surface area contributed by atoms with Crippen LogP contribution in [0.2, 0.25) is 0 Å². The number of anilines is 3. The van der Waals surface area contributed by atoms with E-state index in [1.54, 1.807) is 24.6 Å². The minimum Gasteiger partial charge on any atom is -0.490 e. The second kappa shape index (κ2) is 12.4. The Morgan fingerprint density at radius 3 is 2.90 bits per heavy atom. The first-order valence-corrected chi connectivity index (χ1v) is 13.9. The number of rotatable bonds is 10. The van der Waals surface area contributed by atoms with E-state index in [0.29, 0.717) is 30.9 Å². The number of nitrogens with one attached hydrogen (secondary N) is 2. The molecule has 3 aromatic rings. The number of hydrogen-bond acceptors (Lipinski definition) is 8. The fourth-order valence-corrected chi connectivity index (χ4v) is 5.60. The number of aromatic nitrogens is 1. The van der Waals surface area contributed by atoms with Gasteiger partial charge in [-0.2, -0.15) is 0 Å². The highest BCUT2D eigenvalue weighted by atomic mass is 32.1. The molecule has 9 nitrogen and oxygen atoms in total. The number of halogens is 1. The van der Waals surface area contributed by atoms with Gasteiger partial charge in [0.15, 0.2) is 5.13 Å². The number of carbonyl (C=O) groups excluding carboxylic acids is 2. The highest BCUT2D eigenvalue weighted by Gasteiger charge is 2.26. The summed E-state index contributed by atoms with van der Waals surface area (Å²) in [5, 5.41) is 8.10. The molecule has 2 aromatic carbocycles. The van der Waals surface area contributed by atoms with Crippen LogP contribution in [0.25, 0.3) is 0 Å². The fraction of sp³-hybridized carbons (Fsp3) is 0.393. The molecule has 2 aliphatic rings. The Balaban J connectivity index is 1.34. The minimum absolute atomic E-state index is 0.161. The van der Waals surface area contributed by atoms with Gasteiger partial charge in [0, 0.05) is 38.7 Å². The molecule has 11 heteroatoms. The third-order valence-corrected chi connectivity index (χ3v) is 7.75. The van der Waals surface area contributed by atoms with Gasteiger partial charge in [0.2, 0.25) is 0 Å². The third-order valence-electron chi connectivity index (χ3n) is 6.84. The molecule has 0 spiro atoms. The summed E-state index contributed by atoms with van der Waals surface area (Å²) in [5.74, 6) is 0.0587. The Hall–Kier alpha value is -3.70. The van der Waals surface area contributed by atoms with Crippen LogP contribution in [0.15, 0.2) is 47.8 Å². The number of nitrogens with zero attached hydrogens (tertiary/aromatic N) is 3. The molecule has 2 amide bonds. The molecular formula is C28H32FN5O4S. The summed E-state index contributed by atoms with van der Waals surface area (Å²) in [6.07, 6.45) is 1.30. The molecule has 3 heterocycles. The highest BCUT2D eigenvalue weighted by molar-refractivity contribution is 7.14. The maximum absolute atomic E-state index is 13.1. The third kappa shape index (κ3) is 6.31. The number of amides is 2. The smallest absolute Gasteiger partial charge is 0.275 e. The Bertz CT molecular complexity index is 1320. The van der Waals surface area contributed by atoms with E-state index in [0.717, 1.165) is 41.6 Å². The number of thiazole rings is 1. The van der Waals surface area contributed by atoms with Gasteiger partial charge in [0.05, 0.1) is 36.3 Å². The van der Waals surface area contributed by atoms with Crippen molar-refractivity contribution < 1.29 is 23.5 Å². The molecule has 0 aliphatic carbocycles. The predicted molar refractivity (Wildman–Crippen MR) is 150 cm³/mol. The zero-order valence-corrected chi connectivity index (χ0v) is 22.6. The summed E-state index contributed by atoms with van der Waals surface area (Å²) in [6, 6.07) is 13.3. The average molecular weight is 554 g/mol. The van der Waals surface area contributed by atoms with Crippen molar-refractivity contribution in [3.63, 3.8) is 0 Å². The van der Waals surface area contributed by atoms with Gasteiger partial charge >= 0.3 is 0 Å². The van der Waals surface area contributed by atoms with Gasteiger partial charge in [0.25, 0.3) is 11.8 Å². The molecule has 1 aromatic heterocycles. The summed E-state index contributed by atoms with van der Waals surface area (Å²) in [5.41, 5.74) is 2.87. The number of fused-ring (bicyclic) bond motifs is 1. The minimum atomic E-state index is -0.519. The Kier molecular flexibility index (Phi) is 8.58. The molecular weight excluding hydrogens is 521 g/mol. The monoisotopic (exact) mass is 553 g/mol. The lowest BCUT2D eigenvalue weighted by Crippen LogP contribution is -2.32. The molecule has 2 aliphatic heterocycles. The zero-order valence-electron chi connectivity index (χ0n) is 21.8. The van der Waals surface area contributed by atoms with Crippen molar-refractivity contribution in [3.8, 4) is 5.75 Å². The molecule has 2 N–H and O–H groups in total. The molecule has 206 valence electrons. The van der Waals surface area contributed by atoms with Gasteiger partial charge in [-0.15, -0.1) is 11.3 Å². The van der Waals surface area contributed by atoms with E-state index in [1.807, 2.05) is 30.3 Å². The number of alkyl halides is 1. The number of carbonyl (C=O) groups is 2. The Morgan fingerprint density at radius 1 is 1.21 bits per heavy atom. The number of hydrogen-bond donors (Lipinski definition) is 2. The van der Waals surface area contributed by atoms with Crippen LogP contribution in [0.3, 0.4) is 0 Å². The molecule has 39 heavy (non-hydrogen) atoms. The second-order valence-electron chi connectivity index (χ2n) is 9.48. The second-order valence-corrected chi connectivity index (χ2v) is 10.3. The first kappa shape index (κ1) is 26.9. The number of ether oxygens (including phenoxy) is 2. The standard InChI is InChI=1S/C28H32FN5O4S/c1-37-20-9-12-34(17-20)28-32-23(18-39-28)27(36)31-22-8-7-19(15-21(22)26(35)30-11-4-10-29)16-33-13-14-38-25-6-3-2-5-24(25)33/h2-3,5-8,15,18,20H,4,9-14,16-17H2,1H3,(H,30,35)(H,31,36)/t20-/m0/s1. The summed E-state index contributed by atoms with van der Waals surface area (Å²) in [6.45, 7) is 3.09. The normalized spacial score (nSPS) is 16.5. The quantitative estimate of drug-likeness (QED) is 0.365. The highest BCUT2D eigenvalue weighted by Crippen LogP contribution is 2.32. The molecule has 0 saturated carbocycles. The predicted octanol–water partition coefficient (Wildman–Crippen LogP) is 4.11. The van der Waals surface area contributed by atoms with E-state index in [2.05, 4.69) is 25.4 Å².